The molecule has 0 radical (unpaired) electrons. The van der Waals surface area contributed by atoms with Crippen molar-refractivity contribution in [3.05, 3.63) is 30.8 Å². The Morgan fingerprint density at radius 3 is 1.81 bits per heavy atom. The number of unbranched alkanes of at least 4 members (excludes halogenated alkanes) is 9. The van der Waals surface area contributed by atoms with E-state index in [1.54, 1.807) is 0 Å². The fourth-order valence-electron chi connectivity index (χ4n) is 3.95. The van der Waals surface area contributed by atoms with Crippen molar-refractivity contribution < 1.29 is 14.3 Å². The minimum atomic E-state index is -0.325. The van der Waals surface area contributed by atoms with Gasteiger partial charge in [0.15, 0.2) is 0 Å². The topological polar surface area (TPSA) is 43.4 Å². The quantitative estimate of drug-likeness (QED) is 0.118. The number of hydrogen-bond donors (Lipinski definition) is 1. The largest absolute Gasteiger partial charge is 0.462 e. The number of thiol groups is 1. The number of carbonyl (C=O) groups excluding carboxylic acids is 2. The second-order valence-corrected chi connectivity index (χ2v) is 13.2. The highest BCUT2D eigenvalue weighted by Gasteiger charge is 2.25. The maximum atomic E-state index is 13.1. The average molecular weight is 620 g/mol. The van der Waals surface area contributed by atoms with Gasteiger partial charge in [0.05, 0.1) is 30.0 Å². The highest BCUT2D eigenvalue weighted by atomic mass is 79.9. The zero-order valence-electron chi connectivity index (χ0n) is 18.2. The predicted molar refractivity (Wildman–Crippen MR) is 148 cm³/mol. The van der Waals surface area contributed by atoms with Crippen LogP contribution in [0.3, 0.4) is 0 Å². The molecule has 0 bridgehead atoms. The standard InChI is InChI=1S/C24H28Br2O3S3/c1-2-3-4-5-6-7-8-9-10-11-12-29-23(27)19-15-13-17(25)32-22(15)20(24(28)30)16-14-18(26)31-21(16)19/h13-14H,2-12H2,1H3,(H,28,30). The molecule has 3 aromatic rings. The number of fused-ring (bicyclic) bond motifs is 2. The lowest BCUT2D eigenvalue weighted by molar-refractivity contribution is 0.0502. The van der Waals surface area contributed by atoms with E-state index in [-0.39, 0.29) is 11.1 Å². The van der Waals surface area contributed by atoms with Crippen LogP contribution in [-0.2, 0) is 4.74 Å². The Kier molecular flexibility index (Phi) is 10.6. The summed E-state index contributed by atoms with van der Waals surface area (Å²) in [6, 6.07) is 3.78. The van der Waals surface area contributed by atoms with Crippen molar-refractivity contribution in [2.24, 2.45) is 0 Å². The minimum Gasteiger partial charge on any atom is -0.462 e. The first kappa shape index (κ1) is 26.2. The van der Waals surface area contributed by atoms with Crippen molar-refractivity contribution in [3.8, 4) is 0 Å². The molecule has 0 spiro atoms. The van der Waals surface area contributed by atoms with Crippen LogP contribution in [0.25, 0.3) is 20.2 Å². The third-order valence-electron chi connectivity index (χ3n) is 5.55. The highest BCUT2D eigenvalue weighted by Crippen LogP contribution is 2.44. The molecular weight excluding hydrogens is 592 g/mol. The van der Waals surface area contributed by atoms with Gasteiger partial charge >= 0.3 is 5.97 Å². The van der Waals surface area contributed by atoms with E-state index in [1.807, 2.05) is 12.1 Å². The van der Waals surface area contributed by atoms with E-state index in [1.165, 1.54) is 74.0 Å². The van der Waals surface area contributed by atoms with E-state index in [4.69, 9.17) is 4.74 Å². The molecule has 0 aliphatic rings. The molecule has 3 rings (SSSR count). The van der Waals surface area contributed by atoms with Crippen LogP contribution in [0, 0.1) is 0 Å². The second kappa shape index (κ2) is 12.9. The van der Waals surface area contributed by atoms with E-state index in [0.29, 0.717) is 17.7 Å². The molecule has 0 N–H and O–H groups in total. The molecule has 32 heavy (non-hydrogen) atoms. The third-order valence-corrected chi connectivity index (χ3v) is 9.08. The zero-order chi connectivity index (χ0) is 23.1. The van der Waals surface area contributed by atoms with Crippen molar-refractivity contribution in [3.63, 3.8) is 0 Å². The van der Waals surface area contributed by atoms with E-state index in [2.05, 4.69) is 51.4 Å². The Bertz CT molecular complexity index is 1030. The summed E-state index contributed by atoms with van der Waals surface area (Å²) in [5.41, 5.74) is 1.08. The van der Waals surface area contributed by atoms with Gasteiger partial charge in [0, 0.05) is 15.5 Å². The molecule has 2 heterocycles. The van der Waals surface area contributed by atoms with Crippen LogP contribution in [0.5, 0.6) is 0 Å². The first-order valence-corrected chi connectivity index (χ1v) is 14.8. The van der Waals surface area contributed by atoms with Crippen LogP contribution in [0.1, 0.15) is 91.8 Å². The average Bonchev–Trinajstić information content (AvgIpc) is 3.30. The molecule has 0 aliphatic heterocycles. The smallest absolute Gasteiger partial charge is 0.340 e. The molecule has 0 unspecified atom stereocenters. The van der Waals surface area contributed by atoms with Gasteiger partial charge in [-0.15, -0.1) is 35.3 Å². The molecule has 0 atom stereocenters. The SMILES string of the molecule is CCCCCCCCCCCCOC(=O)c1c2cc(Br)sc2c(C(=O)S)c2cc(Br)sc12. The molecule has 174 valence electrons. The number of thiophene rings is 2. The predicted octanol–water partition coefficient (Wildman–Crippen LogP) is 9.79. The Morgan fingerprint density at radius 1 is 0.812 bits per heavy atom. The van der Waals surface area contributed by atoms with Crippen LogP contribution in [0.4, 0.5) is 0 Å². The summed E-state index contributed by atoms with van der Waals surface area (Å²) in [4.78, 5) is 25.4. The Morgan fingerprint density at radius 2 is 1.28 bits per heavy atom. The molecule has 3 nitrogen and oxygen atoms in total. The summed E-state index contributed by atoms with van der Waals surface area (Å²) >= 11 is 14.0. The van der Waals surface area contributed by atoms with Crippen LogP contribution in [0.2, 0.25) is 0 Å². The van der Waals surface area contributed by atoms with Crippen LogP contribution >= 0.6 is 67.2 Å². The third kappa shape index (κ3) is 6.59. The van der Waals surface area contributed by atoms with E-state index < -0.39 is 0 Å². The Hall–Kier alpha value is -0.410. The van der Waals surface area contributed by atoms with Gasteiger partial charge in [-0.3, -0.25) is 4.79 Å². The summed E-state index contributed by atoms with van der Waals surface area (Å²) in [7, 11) is 0. The normalized spacial score (nSPS) is 11.5. The molecule has 2 aromatic heterocycles. The van der Waals surface area contributed by atoms with Crippen molar-refractivity contribution in [2.75, 3.05) is 6.61 Å². The van der Waals surface area contributed by atoms with Crippen LogP contribution in [-0.4, -0.2) is 17.7 Å². The molecular formula is C24H28Br2O3S3. The number of hydrogen-bond acceptors (Lipinski definition) is 5. The van der Waals surface area contributed by atoms with Crippen molar-refractivity contribution in [1.82, 2.24) is 0 Å². The lowest BCUT2D eigenvalue weighted by atomic mass is 10.0. The van der Waals surface area contributed by atoms with Gasteiger partial charge in [-0.1, -0.05) is 64.7 Å². The summed E-state index contributed by atoms with van der Waals surface area (Å²) < 4.78 is 8.93. The van der Waals surface area contributed by atoms with Crippen molar-refractivity contribution in [2.45, 2.75) is 71.1 Å². The number of esters is 1. The fraction of sp³-hybridized carbons (Fsp3) is 0.500. The molecule has 0 fully saturated rings. The summed E-state index contributed by atoms with van der Waals surface area (Å²) in [6.45, 7) is 2.66. The molecule has 0 amide bonds. The number of halogens is 2. The van der Waals surface area contributed by atoms with E-state index in [0.717, 1.165) is 40.6 Å². The van der Waals surface area contributed by atoms with E-state index in [9.17, 15) is 9.59 Å². The monoisotopic (exact) mass is 618 g/mol. The maximum Gasteiger partial charge on any atom is 0.340 e. The Labute approximate surface area is 220 Å². The van der Waals surface area contributed by atoms with Crippen LogP contribution in [0.15, 0.2) is 19.7 Å². The van der Waals surface area contributed by atoms with Gasteiger partial charge < -0.3 is 4.74 Å². The molecule has 0 aliphatic carbocycles. The zero-order valence-corrected chi connectivity index (χ0v) is 23.9. The minimum absolute atomic E-state index is 0.301. The van der Waals surface area contributed by atoms with E-state index >= 15 is 0 Å². The number of benzene rings is 1. The lowest BCUT2D eigenvalue weighted by Gasteiger charge is -2.10. The first-order chi connectivity index (χ1) is 15.4. The number of carbonyl (C=O) groups is 2. The lowest BCUT2D eigenvalue weighted by Crippen LogP contribution is -2.08. The Balaban J connectivity index is 1.61. The summed E-state index contributed by atoms with van der Waals surface area (Å²) in [5, 5.41) is 1.19. The van der Waals surface area contributed by atoms with Crippen LogP contribution < -0.4 is 0 Å². The van der Waals surface area contributed by atoms with Gasteiger partial charge in [-0.2, -0.15) is 0 Å². The second-order valence-electron chi connectivity index (χ2n) is 7.96. The van der Waals surface area contributed by atoms with Gasteiger partial charge in [-0.25, -0.2) is 4.79 Å². The molecule has 8 heteroatoms. The summed E-state index contributed by atoms with van der Waals surface area (Å²) in [6.07, 6.45) is 12.4. The molecule has 1 aromatic carbocycles. The molecule has 0 saturated carbocycles. The van der Waals surface area contributed by atoms with Gasteiger partial charge in [-0.05, 0) is 50.4 Å². The fourth-order valence-corrected chi connectivity index (χ4v) is 7.57. The van der Waals surface area contributed by atoms with Crippen molar-refractivity contribution >= 4 is 98.4 Å². The summed E-state index contributed by atoms with van der Waals surface area (Å²) in [5.74, 6) is -0.325. The number of rotatable bonds is 13. The highest BCUT2D eigenvalue weighted by molar-refractivity contribution is 9.11. The van der Waals surface area contributed by atoms with Gasteiger partial charge in [0.25, 0.3) is 0 Å². The molecule has 0 saturated heterocycles. The number of ether oxygens (including phenoxy) is 1. The van der Waals surface area contributed by atoms with Gasteiger partial charge in [0.1, 0.15) is 0 Å². The van der Waals surface area contributed by atoms with Crippen molar-refractivity contribution in [1.29, 1.82) is 0 Å². The maximum absolute atomic E-state index is 13.1. The van der Waals surface area contributed by atoms with Gasteiger partial charge in [0.2, 0.25) is 5.12 Å². The first-order valence-electron chi connectivity index (χ1n) is 11.2.